The summed E-state index contributed by atoms with van der Waals surface area (Å²) < 4.78 is 0. The molecule has 0 radical (unpaired) electrons. The summed E-state index contributed by atoms with van der Waals surface area (Å²) in [7, 11) is 0. The van der Waals surface area contributed by atoms with Gasteiger partial charge in [0.15, 0.2) is 5.17 Å². The van der Waals surface area contributed by atoms with Crippen molar-refractivity contribution in [1.29, 1.82) is 0 Å². The van der Waals surface area contributed by atoms with Crippen LogP contribution in [0.2, 0.25) is 5.02 Å². The molecule has 18 heavy (non-hydrogen) atoms. The fourth-order valence-corrected chi connectivity index (χ4v) is 3.56. The van der Waals surface area contributed by atoms with E-state index in [0.717, 1.165) is 41.7 Å². The molecule has 2 aliphatic rings. The summed E-state index contributed by atoms with van der Waals surface area (Å²) in [5, 5.41) is 1.61. The van der Waals surface area contributed by atoms with Crippen LogP contribution >= 0.6 is 23.4 Å². The number of amidine groups is 1. The molecule has 0 spiro atoms. The lowest BCUT2D eigenvalue weighted by Crippen LogP contribution is -2.36. The Balaban J connectivity index is 1.74. The van der Waals surface area contributed by atoms with Crippen molar-refractivity contribution in [3.8, 4) is 0 Å². The first kappa shape index (κ1) is 12.1. The Morgan fingerprint density at radius 2 is 2.17 bits per heavy atom. The highest BCUT2D eigenvalue weighted by atomic mass is 35.5. The number of thioether (sulfide) groups is 1. The summed E-state index contributed by atoms with van der Waals surface area (Å²) >= 11 is 7.45. The highest BCUT2D eigenvalue weighted by Crippen LogP contribution is 2.31. The van der Waals surface area contributed by atoms with E-state index in [0.29, 0.717) is 0 Å². The molecular weight excluding hydrogens is 268 g/mol. The number of carbonyl (C=O) groups excluding carboxylic acids is 1. The molecule has 0 bridgehead atoms. The normalized spacial score (nSPS) is 22.9. The van der Waals surface area contributed by atoms with E-state index in [1.165, 1.54) is 0 Å². The third-order valence-electron chi connectivity index (χ3n) is 3.14. The van der Waals surface area contributed by atoms with Gasteiger partial charge in [0.25, 0.3) is 0 Å². The SMILES string of the molecule is O=C1[C@@H](Cc2ccc(Cl)cc2)SC2=NCCCN12. The summed E-state index contributed by atoms with van der Waals surface area (Å²) in [6, 6.07) is 7.70. The van der Waals surface area contributed by atoms with Crippen LogP contribution in [0.4, 0.5) is 0 Å². The van der Waals surface area contributed by atoms with Gasteiger partial charge in [-0.25, -0.2) is 0 Å². The number of benzene rings is 1. The van der Waals surface area contributed by atoms with E-state index in [1.807, 2.05) is 29.2 Å². The summed E-state index contributed by atoms with van der Waals surface area (Å²) in [4.78, 5) is 18.4. The van der Waals surface area contributed by atoms with Crippen LogP contribution in [-0.2, 0) is 11.2 Å². The van der Waals surface area contributed by atoms with Gasteiger partial charge in [0.1, 0.15) is 0 Å². The zero-order chi connectivity index (χ0) is 12.5. The Bertz CT molecular complexity index is 500. The van der Waals surface area contributed by atoms with Crippen LogP contribution in [0.5, 0.6) is 0 Å². The maximum atomic E-state index is 12.2. The third-order valence-corrected chi connectivity index (χ3v) is 4.61. The molecule has 0 N–H and O–H groups in total. The Morgan fingerprint density at radius 1 is 1.39 bits per heavy atom. The van der Waals surface area contributed by atoms with Crippen molar-refractivity contribution in [2.75, 3.05) is 13.1 Å². The average Bonchev–Trinajstić information content (AvgIpc) is 2.70. The van der Waals surface area contributed by atoms with E-state index in [9.17, 15) is 4.79 Å². The molecule has 1 atom stereocenters. The highest BCUT2D eigenvalue weighted by Gasteiger charge is 2.38. The number of fused-ring (bicyclic) bond motifs is 1. The number of aliphatic imine (C=N–C) groups is 1. The molecule has 1 saturated heterocycles. The Morgan fingerprint density at radius 3 is 2.89 bits per heavy atom. The van der Waals surface area contributed by atoms with Crippen molar-refractivity contribution in [3.63, 3.8) is 0 Å². The number of rotatable bonds is 2. The lowest BCUT2D eigenvalue weighted by molar-refractivity contribution is -0.126. The van der Waals surface area contributed by atoms with E-state index < -0.39 is 0 Å². The van der Waals surface area contributed by atoms with Crippen LogP contribution in [0, 0.1) is 0 Å². The van der Waals surface area contributed by atoms with E-state index in [2.05, 4.69) is 4.99 Å². The Labute approximate surface area is 115 Å². The molecule has 0 saturated carbocycles. The molecule has 1 aromatic rings. The lowest BCUT2D eigenvalue weighted by atomic mass is 10.1. The largest absolute Gasteiger partial charge is 0.291 e. The van der Waals surface area contributed by atoms with Crippen molar-refractivity contribution in [2.45, 2.75) is 18.1 Å². The molecule has 1 amide bonds. The van der Waals surface area contributed by atoms with Crippen LogP contribution in [0.1, 0.15) is 12.0 Å². The minimum Gasteiger partial charge on any atom is -0.291 e. The fraction of sp³-hybridized carbons (Fsp3) is 0.385. The lowest BCUT2D eigenvalue weighted by Gasteiger charge is -2.19. The molecule has 3 rings (SSSR count). The van der Waals surface area contributed by atoms with Crippen molar-refractivity contribution < 1.29 is 4.79 Å². The summed E-state index contributed by atoms with van der Waals surface area (Å²) in [5.41, 5.74) is 1.14. The molecular formula is C13H13ClN2OS. The van der Waals surface area contributed by atoms with Gasteiger partial charge >= 0.3 is 0 Å². The zero-order valence-corrected chi connectivity index (χ0v) is 11.4. The molecule has 0 aliphatic carbocycles. The number of halogens is 1. The predicted octanol–water partition coefficient (Wildman–Crippen LogP) is 2.59. The van der Waals surface area contributed by atoms with E-state index in [-0.39, 0.29) is 11.2 Å². The number of hydrogen-bond donors (Lipinski definition) is 0. The number of carbonyl (C=O) groups is 1. The standard InChI is InChI=1S/C13H13ClN2OS/c14-10-4-2-9(3-5-10)8-11-12(17)16-7-1-6-15-13(16)18-11/h2-5,11H,1,6-8H2/t11-/m1/s1. The third kappa shape index (κ3) is 2.27. The van der Waals surface area contributed by atoms with Crippen molar-refractivity contribution in [1.82, 2.24) is 4.90 Å². The van der Waals surface area contributed by atoms with Crippen LogP contribution in [-0.4, -0.2) is 34.3 Å². The van der Waals surface area contributed by atoms with Crippen molar-refractivity contribution in [2.24, 2.45) is 4.99 Å². The first-order valence-electron chi connectivity index (χ1n) is 6.01. The minimum absolute atomic E-state index is 0.0250. The fourth-order valence-electron chi connectivity index (χ4n) is 2.20. The number of amides is 1. The summed E-state index contributed by atoms with van der Waals surface area (Å²) in [6.45, 7) is 1.67. The summed E-state index contributed by atoms with van der Waals surface area (Å²) in [6.07, 6.45) is 1.72. The van der Waals surface area contributed by atoms with E-state index >= 15 is 0 Å². The van der Waals surface area contributed by atoms with Crippen molar-refractivity contribution >= 4 is 34.4 Å². The zero-order valence-electron chi connectivity index (χ0n) is 9.80. The second kappa shape index (κ2) is 4.94. The maximum Gasteiger partial charge on any atom is 0.242 e. The maximum absolute atomic E-state index is 12.2. The van der Waals surface area contributed by atoms with Gasteiger partial charge in [-0.3, -0.25) is 14.7 Å². The Hall–Kier alpha value is -1.00. The van der Waals surface area contributed by atoms with Gasteiger partial charge in [-0.05, 0) is 30.5 Å². The molecule has 94 valence electrons. The molecule has 0 aromatic heterocycles. The van der Waals surface area contributed by atoms with Crippen LogP contribution < -0.4 is 0 Å². The van der Waals surface area contributed by atoms with Gasteiger partial charge in [-0.2, -0.15) is 0 Å². The summed E-state index contributed by atoms with van der Waals surface area (Å²) in [5.74, 6) is 0.202. The average molecular weight is 281 g/mol. The second-order valence-electron chi connectivity index (χ2n) is 4.44. The van der Waals surface area contributed by atoms with Gasteiger partial charge in [0.05, 0.1) is 5.25 Å². The Kier molecular flexibility index (Phi) is 3.31. The van der Waals surface area contributed by atoms with Gasteiger partial charge in [-0.15, -0.1) is 0 Å². The monoisotopic (exact) mass is 280 g/mol. The molecule has 5 heteroatoms. The van der Waals surface area contributed by atoms with Gasteiger partial charge in [0, 0.05) is 18.1 Å². The van der Waals surface area contributed by atoms with E-state index in [1.54, 1.807) is 11.8 Å². The molecule has 2 heterocycles. The molecule has 2 aliphatic heterocycles. The second-order valence-corrected chi connectivity index (χ2v) is 6.05. The quantitative estimate of drug-likeness (QED) is 0.834. The predicted molar refractivity (Wildman–Crippen MR) is 75.2 cm³/mol. The first-order chi connectivity index (χ1) is 8.74. The molecule has 1 aromatic carbocycles. The van der Waals surface area contributed by atoms with Gasteiger partial charge in [-0.1, -0.05) is 35.5 Å². The smallest absolute Gasteiger partial charge is 0.242 e. The van der Waals surface area contributed by atoms with E-state index in [4.69, 9.17) is 11.6 Å². The van der Waals surface area contributed by atoms with Crippen LogP contribution in [0.25, 0.3) is 0 Å². The highest BCUT2D eigenvalue weighted by molar-refractivity contribution is 8.15. The number of hydrogen-bond acceptors (Lipinski definition) is 3. The van der Waals surface area contributed by atoms with Crippen LogP contribution in [0.15, 0.2) is 29.3 Å². The minimum atomic E-state index is -0.0250. The number of nitrogens with zero attached hydrogens (tertiary/aromatic N) is 2. The van der Waals surface area contributed by atoms with Gasteiger partial charge in [0.2, 0.25) is 5.91 Å². The molecule has 0 unspecified atom stereocenters. The van der Waals surface area contributed by atoms with Crippen molar-refractivity contribution in [3.05, 3.63) is 34.9 Å². The van der Waals surface area contributed by atoms with Gasteiger partial charge < -0.3 is 0 Å². The molecule has 1 fully saturated rings. The van der Waals surface area contributed by atoms with Crippen LogP contribution in [0.3, 0.4) is 0 Å². The molecule has 3 nitrogen and oxygen atoms in total. The topological polar surface area (TPSA) is 32.7 Å². The first-order valence-corrected chi connectivity index (χ1v) is 7.27.